The minimum atomic E-state index is -1.73. The molecule has 11 heteroatoms. The van der Waals surface area contributed by atoms with Crippen LogP contribution in [0.2, 0.25) is 0 Å². The number of hydrogen-bond donors (Lipinski definition) is 0. The fraction of sp³-hybridized carbons (Fsp3) is 0.438. The van der Waals surface area contributed by atoms with Crippen LogP contribution in [0.1, 0.15) is 0 Å². The van der Waals surface area contributed by atoms with Crippen LogP contribution in [0.5, 0.6) is 0 Å². The van der Waals surface area contributed by atoms with Crippen molar-refractivity contribution in [1.29, 1.82) is 0 Å². The Morgan fingerprint density at radius 1 is 0.852 bits per heavy atom. The maximum Gasteiger partial charge on any atom is 1.00 e. The molecule has 0 fully saturated rings. The number of fused-ring (bicyclic) bond motifs is 1. The monoisotopic (exact) mass is 390 g/mol. The van der Waals surface area contributed by atoms with Crippen LogP contribution >= 0.6 is 0 Å². The van der Waals surface area contributed by atoms with Crippen LogP contribution < -0.4 is 34.7 Å². The van der Waals surface area contributed by atoms with E-state index in [2.05, 4.69) is 18.9 Å². The Morgan fingerprint density at radius 3 is 1.81 bits per heavy atom. The summed E-state index contributed by atoms with van der Waals surface area (Å²) in [5.74, 6) is -11.3. The van der Waals surface area contributed by atoms with Gasteiger partial charge in [-0.3, -0.25) is 14.4 Å². The summed E-state index contributed by atoms with van der Waals surface area (Å²) in [6.45, 7) is 0. The minimum absolute atomic E-state index is 0. The van der Waals surface area contributed by atoms with Crippen molar-refractivity contribution < 1.29 is 77.6 Å². The first-order valence-electron chi connectivity index (χ1n) is 7.28. The average Bonchev–Trinajstić information content (AvgIpc) is 3.08. The third kappa shape index (κ3) is 3.40. The number of ether oxygens (including phenoxy) is 4. The molecule has 2 aliphatic carbocycles. The maximum atomic E-state index is 12.7. The Kier molecular flexibility index (Phi) is 7.35. The molecule has 3 unspecified atom stereocenters. The van der Waals surface area contributed by atoms with Crippen molar-refractivity contribution in [1.82, 2.24) is 0 Å². The van der Waals surface area contributed by atoms with Crippen molar-refractivity contribution >= 4 is 29.7 Å². The minimum Gasteiger partial charge on any atom is -0.874 e. The number of carbonyl (C=O) groups is 5. The summed E-state index contributed by atoms with van der Waals surface area (Å²) in [6, 6.07) is 0. The van der Waals surface area contributed by atoms with Gasteiger partial charge in [0.25, 0.3) is 0 Å². The van der Waals surface area contributed by atoms with Crippen LogP contribution in [-0.2, 0) is 42.9 Å². The van der Waals surface area contributed by atoms with Gasteiger partial charge in [0.15, 0.2) is 5.78 Å². The molecule has 0 heterocycles. The van der Waals surface area contributed by atoms with Crippen LogP contribution in [0.25, 0.3) is 0 Å². The van der Waals surface area contributed by atoms with Gasteiger partial charge >= 0.3 is 53.4 Å². The van der Waals surface area contributed by atoms with Crippen molar-refractivity contribution in [3.8, 4) is 0 Å². The second kappa shape index (κ2) is 8.68. The van der Waals surface area contributed by atoms with Crippen LogP contribution in [0.4, 0.5) is 0 Å². The number of methoxy groups -OCH3 is 4. The molecule has 3 atom stereocenters. The number of rotatable bonds is 4. The molecule has 0 amide bonds. The fourth-order valence-electron chi connectivity index (χ4n) is 3.26. The normalized spacial score (nSPS) is 23.4. The van der Waals surface area contributed by atoms with E-state index in [1.165, 1.54) is 0 Å². The Morgan fingerprint density at radius 2 is 1.37 bits per heavy atom. The van der Waals surface area contributed by atoms with Crippen molar-refractivity contribution in [3.05, 3.63) is 22.5 Å². The van der Waals surface area contributed by atoms with Gasteiger partial charge in [-0.2, -0.15) is 0 Å². The fourth-order valence-corrected chi connectivity index (χ4v) is 3.26. The molecule has 0 aromatic carbocycles. The first-order chi connectivity index (χ1) is 12.3. The van der Waals surface area contributed by atoms with Gasteiger partial charge in [0, 0.05) is 11.5 Å². The predicted molar refractivity (Wildman–Crippen MR) is 77.6 cm³/mol. The molecule has 0 bridgehead atoms. The van der Waals surface area contributed by atoms with E-state index in [9.17, 15) is 29.1 Å². The topological polar surface area (TPSA) is 145 Å². The number of carbonyl (C=O) groups excluding carboxylic acids is 5. The Balaban J connectivity index is 0.00000364. The molecule has 0 N–H and O–H groups in total. The SMILES string of the molecule is COC(=O)C1=C2C(C(=O)OC)C([O-])=C(C(=O)OC)C2C(C(=O)OC)C1=O.[Na+]. The van der Waals surface area contributed by atoms with E-state index in [1.54, 1.807) is 0 Å². The molecule has 27 heavy (non-hydrogen) atoms. The first kappa shape index (κ1) is 22.9. The van der Waals surface area contributed by atoms with Gasteiger partial charge in [-0.15, -0.1) is 5.76 Å². The molecule has 2 aliphatic rings. The van der Waals surface area contributed by atoms with E-state index in [4.69, 9.17) is 0 Å². The van der Waals surface area contributed by atoms with Crippen LogP contribution in [0.15, 0.2) is 22.5 Å². The summed E-state index contributed by atoms with van der Waals surface area (Å²) >= 11 is 0. The molecule has 0 saturated carbocycles. The number of hydrogen-bond acceptors (Lipinski definition) is 10. The van der Waals surface area contributed by atoms with Gasteiger partial charge in [-0.05, 0) is 5.57 Å². The number of Topliss-reactive ketones (excluding diaryl/α,β-unsaturated/α-hetero) is 1. The summed E-state index contributed by atoms with van der Waals surface area (Å²) in [5.41, 5.74) is -1.55. The van der Waals surface area contributed by atoms with Gasteiger partial charge in [-0.25, -0.2) is 9.59 Å². The van der Waals surface area contributed by atoms with E-state index in [0.29, 0.717) is 0 Å². The molecule has 2 rings (SSSR count). The summed E-state index contributed by atoms with van der Waals surface area (Å²) in [5, 5.41) is 12.7. The van der Waals surface area contributed by atoms with Gasteiger partial charge < -0.3 is 24.1 Å². The smallest absolute Gasteiger partial charge is 0.874 e. The summed E-state index contributed by atoms with van der Waals surface area (Å²) in [4.78, 5) is 61.1. The van der Waals surface area contributed by atoms with E-state index < -0.39 is 64.3 Å². The standard InChI is InChI=1S/C16H16O10.Na/c1-23-13(19)7-5-6(9(11(7)17)15(21)25-3)10(16(22)26-4)12(18)8(5)14(20)24-2;/h5,7,10,18H,1-4H3;/q;+1/p-1. The molecule has 0 radical (unpaired) electrons. The van der Waals surface area contributed by atoms with Crippen molar-refractivity contribution in [2.75, 3.05) is 28.4 Å². The first-order valence-corrected chi connectivity index (χ1v) is 7.28. The molecule has 0 saturated heterocycles. The zero-order valence-corrected chi connectivity index (χ0v) is 17.3. The van der Waals surface area contributed by atoms with Crippen LogP contribution in [0.3, 0.4) is 0 Å². The van der Waals surface area contributed by atoms with Crippen molar-refractivity contribution in [2.24, 2.45) is 17.8 Å². The average molecular weight is 390 g/mol. The number of ketones is 1. The summed E-state index contributed by atoms with van der Waals surface area (Å²) in [7, 11) is 3.96. The maximum absolute atomic E-state index is 12.7. The quantitative estimate of drug-likeness (QED) is 0.150. The molecule has 0 aliphatic heterocycles. The molecule has 0 aromatic heterocycles. The Hall–Kier alpha value is -2.17. The zero-order valence-electron chi connectivity index (χ0n) is 15.3. The summed E-state index contributed by atoms with van der Waals surface area (Å²) < 4.78 is 18.2. The second-order valence-electron chi connectivity index (χ2n) is 5.39. The molecular formula is C16H15NaO10. The molecule has 0 aromatic rings. The summed E-state index contributed by atoms with van der Waals surface area (Å²) in [6.07, 6.45) is 0. The largest absolute Gasteiger partial charge is 1.00 e. The predicted octanol–water partition coefficient (Wildman–Crippen LogP) is -4.96. The third-order valence-electron chi connectivity index (χ3n) is 4.32. The molecular weight excluding hydrogens is 375 g/mol. The molecule has 10 nitrogen and oxygen atoms in total. The Bertz CT molecular complexity index is 778. The van der Waals surface area contributed by atoms with E-state index in [0.717, 1.165) is 28.4 Å². The van der Waals surface area contributed by atoms with E-state index >= 15 is 0 Å². The Labute approximate surface area is 175 Å². The van der Waals surface area contributed by atoms with Gasteiger partial charge in [0.05, 0.1) is 34.4 Å². The number of esters is 4. The zero-order chi connectivity index (χ0) is 19.8. The van der Waals surface area contributed by atoms with Gasteiger partial charge in [0.2, 0.25) is 0 Å². The van der Waals surface area contributed by atoms with Crippen molar-refractivity contribution in [3.63, 3.8) is 0 Å². The van der Waals surface area contributed by atoms with Crippen LogP contribution in [0, 0.1) is 17.8 Å². The van der Waals surface area contributed by atoms with Gasteiger partial charge in [0.1, 0.15) is 11.5 Å². The van der Waals surface area contributed by atoms with E-state index in [1.807, 2.05) is 0 Å². The van der Waals surface area contributed by atoms with Gasteiger partial charge in [-0.1, -0.05) is 0 Å². The van der Waals surface area contributed by atoms with Crippen molar-refractivity contribution in [2.45, 2.75) is 0 Å². The van der Waals surface area contributed by atoms with E-state index in [-0.39, 0.29) is 35.1 Å². The second-order valence-corrected chi connectivity index (χ2v) is 5.39. The molecule has 0 spiro atoms. The third-order valence-corrected chi connectivity index (χ3v) is 4.32. The van der Waals surface area contributed by atoms with Crippen LogP contribution in [-0.4, -0.2) is 58.1 Å². The molecule has 140 valence electrons.